The number of carbonyl (C=O) groups excluding carboxylic acids is 1. The molecule has 2 rings (SSSR count). The highest BCUT2D eigenvalue weighted by Crippen LogP contribution is 2.49. The van der Waals surface area contributed by atoms with Gasteiger partial charge in [-0.25, -0.2) is 0 Å². The molecule has 98 valence electrons. The van der Waals surface area contributed by atoms with Crippen molar-refractivity contribution in [3.8, 4) is 0 Å². The molecule has 2 nitrogen and oxygen atoms in total. The van der Waals surface area contributed by atoms with Crippen molar-refractivity contribution in [2.75, 3.05) is 7.11 Å². The summed E-state index contributed by atoms with van der Waals surface area (Å²) in [6.07, 6.45) is 5.94. The van der Waals surface area contributed by atoms with Crippen LogP contribution in [0.15, 0.2) is 0 Å². The van der Waals surface area contributed by atoms with E-state index in [9.17, 15) is 4.79 Å². The fraction of sp³-hybridized carbons (Fsp3) is 0.933. The lowest BCUT2D eigenvalue weighted by molar-refractivity contribution is -0.136. The fourth-order valence-electron chi connectivity index (χ4n) is 3.96. The van der Waals surface area contributed by atoms with E-state index in [1.807, 2.05) is 0 Å². The lowest BCUT2D eigenvalue weighted by Gasteiger charge is -2.30. The normalized spacial score (nSPS) is 34.0. The molecule has 0 aliphatic heterocycles. The lowest BCUT2D eigenvalue weighted by atomic mass is 9.80. The zero-order chi connectivity index (χ0) is 12.6. The van der Waals surface area contributed by atoms with Crippen LogP contribution in [0.25, 0.3) is 0 Å². The molecular formula is C15H26O2. The molecule has 2 heteroatoms. The van der Waals surface area contributed by atoms with E-state index >= 15 is 0 Å². The summed E-state index contributed by atoms with van der Waals surface area (Å²) >= 11 is 0. The first-order valence-electron chi connectivity index (χ1n) is 6.97. The topological polar surface area (TPSA) is 26.3 Å². The predicted molar refractivity (Wildman–Crippen MR) is 68.8 cm³/mol. The molecule has 0 aromatic rings. The maximum atomic E-state index is 12.3. The van der Waals surface area contributed by atoms with Gasteiger partial charge < -0.3 is 4.74 Å². The Morgan fingerprint density at radius 3 is 2.41 bits per heavy atom. The van der Waals surface area contributed by atoms with Gasteiger partial charge in [0.1, 0.15) is 6.10 Å². The van der Waals surface area contributed by atoms with Crippen LogP contribution < -0.4 is 0 Å². The quantitative estimate of drug-likeness (QED) is 0.750. The highest BCUT2D eigenvalue weighted by molar-refractivity contribution is 5.84. The van der Waals surface area contributed by atoms with E-state index in [0.29, 0.717) is 11.7 Å². The number of hydrogen-bond acceptors (Lipinski definition) is 2. The molecule has 4 atom stereocenters. The van der Waals surface area contributed by atoms with Gasteiger partial charge in [0.25, 0.3) is 0 Å². The van der Waals surface area contributed by atoms with Gasteiger partial charge in [-0.15, -0.1) is 0 Å². The first kappa shape index (κ1) is 13.1. The molecular weight excluding hydrogens is 212 g/mol. The van der Waals surface area contributed by atoms with Crippen LogP contribution in [-0.4, -0.2) is 19.0 Å². The summed E-state index contributed by atoms with van der Waals surface area (Å²) in [7, 11) is 1.66. The van der Waals surface area contributed by atoms with Gasteiger partial charge in [-0.3, -0.25) is 4.79 Å². The molecule has 2 bridgehead atoms. The molecule has 0 heterocycles. The zero-order valence-electron chi connectivity index (χ0n) is 11.7. The van der Waals surface area contributed by atoms with Crippen LogP contribution in [0.4, 0.5) is 0 Å². The number of Topliss-reactive ketones (excluding diaryl/α,β-unsaturated/α-hetero) is 1. The molecule has 0 aromatic heterocycles. The minimum Gasteiger partial charge on any atom is -0.373 e. The first-order chi connectivity index (χ1) is 7.91. The summed E-state index contributed by atoms with van der Waals surface area (Å²) < 4.78 is 5.42. The Morgan fingerprint density at radius 1 is 1.29 bits per heavy atom. The van der Waals surface area contributed by atoms with E-state index < -0.39 is 0 Å². The number of methoxy groups -OCH3 is 1. The maximum Gasteiger partial charge on any atom is 0.162 e. The van der Waals surface area contributed by atoms with Crippen molar-refractivity contribution < 1.29 is 9.53 Å². The number of carbonyl (C=O) groups is 1. The van der Waals surface area contributed by atoms with Gasteiger partial charge in [-0.1, -0.05) is 27.2 Å². The van der Waals surface area contributed by atoms with Gasteiger partial charge in [-0.05, 0) is 42.4 Å². The summed E-state index contributed by atoms with van der Waals surface area (Å²) in [6.45, 7) is 6.25. The van der Waals surface area contributed by atoms with E-state index in [1.165, 1.54) is 25.7 Å². The molecule has 0 N–H and O–H groups in total. The third-order valence-corrected chi connectivity index (χ3v) is 4.66. The molecule has 2 fully saturated rings. The van der Waals surface area contributed by atoms with Gasteiger partial charge in [0.15, 0.2) is 5.78 Å². The molecule has 0 aromatic carbocycles. The average Bonchev–Trinajstić information content (AvgIpc) is 2.77. The van der Waals surface area contributed by atoms with Crippen molar-refractivity contribution in [1.29, 1.82) is 0 Å². The summed E-state index contributed by atoms with van der Waals surface area (Å²) in [5, 5.41) is 0. The van der Waals surface area contributed by atoms with Crippen molar-refractivity contribution in [2.45, 2.75) is 59.0 Å². The molecule has 0 saturated heterocycles. The summed E-state index contributed by atoms with van der Waals surface area (Å²) in [5.41, 5.74) is -0.0799. The number of ketones is 1. The van der Waals surface area contributed by atoms with Crippen molar-refractivity contribution in [3.63, 3.8) is 0 Å². The standard InChI is InChI=1S/C15H26O2/c1-15(2,3)14(17-4)13(16)9-12-8-10-5-6-11(12)7-10/h10-12,14H,5-9H2,1-4H3. The fourth-order valence-corrected chi connectivity index (χ4v) is 3.96. The number of fused-ring (bicyclic) bond motifs is 2. The van der Waals surface area contributed by atoms with Crippen LogP contribution in [0.5, 0.6) is 0 Å². The molecule has 0 radical (unpaired) electrons. The maximum absolute atomic E-state index is 12.3. The number of ether oxygens (including phenoxy) is 1. The number of rotatable bonds is 4. The molecule has 2 saturated carbocycles. The zero-order valence-corrected chi connectivity index (χ0v) is 11.7. The largest absolute Gasteiger partial charge is 0.373 e. The van der Waals surface area contributed by atoms with E-state index in [0.717, 1.165) is 18.3 Å². The molecule has 17 heavy (non-hydrogen) atoms. The Kier molecular flexibility index (Phi) is 3.63. The Balaban J connectivity index is 1.92. The third-order valence-electron chi connectivity index (χ3n) is 4.66. The Bertz CT molecular complexity index is 290. The van der Waals surface area contributed by atoms with Crippen LogP contribution >= 0.6 is 0 Å². The van der Waals surface area contributed by atoms with Crippen LogP contribution in [-0.2, 0) is 9.53 Å². The summed E-state index contributed by atoms with van der Waals surface area (Å²) in [6, 6.07) is 0. The molecule has 0 amide bonds. The SMILES string of the molecule is COC(C(=O)CC1CC2CCC1C2)C(C)(C)C. The van der Waals surface area contributed by atoms with E-state index in [-0.39, 0.29) is 11.5 Å². The average molecular weight is 238 g/mol. The van der Waals surface area contributed by atoms with Crippen molar-refractivity contribution in [2.24, 2.45) is 23.2 Å². The second-order valence-electron chi connectivity index (χ2n) is 7.09. The molecule has 2 aliphatic carbocycles. The van der Waals surface area contributed by atoms with Gasteiger partial charge in [0.2, 0.25) is 0 Å². The predicted octanol–water partition coefficient (Wildman–Crippen LogP) is 3.44. The minimum atomic E-state index is -0.235. The summed E-state index contributed by atoms with van der Waals surface area (Å²) in [4.78, 5) is 12.3. The molecule has 0 spiro atoms. The van der Waals surface area contributed by atoms with Crippen LogP contribution in [0, 0.1) is 23.2 Å². The Labute approximate surface area is 105 Å². The van der Waals surface area contributed by atoms with Crippen LogP contribution in [0.1, 0.15) is 52.9 Å². The van der Waals surface area contributed by atoms with Crippen molar-refractivity contribution in [1.82, 2.24) is 0 Å². The lowest BCUT2D eigenvalue weighted by Crippen LogP contribution is -2.37. The molecule has 4 unspecified atom stereocenters. The monoisotopic (exact) mass is 238 g/mol. The summed E-state index contributed by atoms with van der Waals surface area (Å²) in [5.74, 6) is 2.73. The smallest absolute Gasteiger partial charge is 0.162 e. The van der Waals surface area contributed by atoms with E-state index in [2.05, 4.69) is 20.8 Å². The minimum absolute atomic E-state index is 0.0799. The van der Waals surface area contributed by atoms with Gasteiger partial charge >= 0.3 is 0 Å². The molecule has 2 aliphatic rings. The van der Waals surface area contributed by atoms with Gasteiger partial charge in [0.05, 0.1) is 0 Å². The van der Waals surface area contributed by atoms with E-state index in [1.54, 1.807) is 7.11 Å². The first-order valence-corrected chi connectivity index (χ1v) is 6.97. The Morgan fingerprint density at radius 2 is 2.00 bits per heavy atom. The van der Waals surface area contributed by atoms with E-state index in [4.69, 9.17) is 4.74 Å². The second-order valence-corrected chi connectivity index (χ2v) is 7.09. The highest BCUT2D eigenvalue weighted by atomic mass is 16.5. The van der Waals surface area contributed by atoms with Gasteiger partial charge in [0, 0.05) is 13.5 Å². The third kappa shape index (κ3) is 2.73. The Hall–Kier alpha value is -0.370. The second kappa shape index (κ2) is 4.72. The highest BCUT2D eigenvalue weighted by Gasteiger charge is 2.42. The van der Waals surface area contributed by atoms with Crippen molar-refractivity contribution in [3.05, 3.63) is 0 Å². The van der Waals surface area contributed by atoms with Crippen molar-refractivity contribution >= 4 is 5.78 Å². The van der Waals surface area contributed by atoms with Crippen LogP contribution in [0.3, 0.4) is 0 Å². The van der Waals surface area contributed by atoms with Gasteiger partial charge in [-0.2, -0.15) is 0 Å². The number of hydrogen-bond donors (Lipinski definition) is 0. The van der Waals surface area contributed by atoms with Crippen LogP contribution in [0.2, 0.25) is 0 Å².